The molecule has 0 aliphatic carbocycles. The molecule has 0 atom stereocenters. The molecule has 0 bridgehead atoms. The summed E-state index contributed by atoms with van der Waals surface area (Å²) in [7, 11) is 0. The zero-order chi connectivity index (χ0) is 46.5. The summed E-state index contributed by atoms with van der Waals surface area (Å²) in [5.74, 6) is 2.47. The molecule has 0 saturated carbocycles. The monoisotopic (exact) mass is 1060 g/mol. The van der Waals surface area contributed by atoms with E-state index in [9.17, 15) is 0 Å². The summed E-state index contributed by atoms with van der Waals surface area (Å²) in [4.78, 5) is 11.9. The van der Waals surface area contributed by atoms with Gasteiger partial charge in [0.25, 0.3) is 0 Å². The Hall–Kier alpha value is -7.40. The van der Waals surface area contributed by atoms with Crippen molar-refractivity contribution in [2.24, 2.45) is 0 Å². The van der Waals surface area contributed by atoms with Crippen molar-refractivity contribution in [1.82, 2.24) is 19.1 Å². The molecule has 0 radical (unpaired) electrons. The molecule has 6 nitrogen and oxygen atoms in total. The largest absolute Gasteiger partial charge is 0.521 e. The SMILES string of the molecule is [2H]c1cc(-c2cccc3c4ccccc4c4ccccc4c4cccc5c4n(c23)[CH-]N5c2[c-]c(Oc3[c-]c4c(cc3)c3ccccc3n4-c3cc(C(C)(C)C)ccn3)ccn2)cc(C(C)(C)C)c1.[Pt]. The van der Waals surface area contributed by atoms with Crippen LogP contribution >= 0.6 is 0 Å². The number of aromatic nitrogens is 4. The average Bonchev–Trinajstić information content (AvgIpc) is 3.90. The normalized spacial score (nSPS) is 12.7. The molecule has 68 heavy (non-hydrogen) atoms. The molecule has 7 aromatic carbocycles. The van der Waals surface area contributed by atoms with Gasteiger partial charge in [-0.3, -0.25) is 4.98 Å². The van der Waals surface area contributed by atoms with E-state index in [2.05, 4.69) is 208 Å². The van der Waals surface area contributed by atoms with Crippen LogP contribution in [-0.2, 0) is 31.9 Å². The van der Waals surface area contributed by atoms with E-state index in [0.29, 0.717) is 23.4 Å². The van der Waals surface area contributed by atoms with E-state index in [4.69, 9.17) is 16.1 Å². The Labute approximate surface area is 412 Å². The maximum absolute atomic E-state index is 9.01. The zero-order valence-corrected chi connectivity index (χ0v) is 41.0. The van der Waals surface area contributed by atoms with Crippen LogP contribution < -0.4 is 9.64 Å². The topological polar surface area (TPSA) is 48.1 Å². The van der Waals surface area contributed by atoms with Crippen LogP contribution in [0.1, 0.15) is 54.0 Å². The van der Waals surface area contributed by atoms with Crippen LogP contribution in [0.5, 0.6) is 11.5 Å². The maximum atomic E-state index is 9.01. The van der Waals surface area contributed by atoms with Crippen molar-refractivity contribution in [2.75, 3.05) is 4.90 Å². The van der Waals surface area contributed by atoms with Crippen molar-refractivity contribution in [1.29, 1.82) is 0 Å². The first kappa shape index (κ1) is 42.0. The standard InChI is InChI=1S/C61H48N5O.Pt/c1-60(2,3)40-17-13-16-39(34-40)44-23-14-24-51-47-20-9-7-18-45(47)46-19-8-10-21-48(46)52-25-15-27-54-59(52)65(58(44)51)38-64(54)56-37-43(31-33-62-56)67-42-28-29-50-49-22-11-12-26-53(49)66(55(50)36-42)57-35-41(30-32-63-57)61(4,5)6;/h7-35,38H,1-6H3;/q-3;/i13D;. The van der Waals surface area contributed by atoms with Gasteiger partial charge in [0.2, 0.25) is 0 Å². The fraction of sp³-hybridized carbons (Fsp3) is 0.131. The fourth-order valence-corrected chi connectivity index (χ4v) is 9.83. The van der Waals surface area contributed by atoms with Gasteiger partial charge in [0.05, 0.1) is 1.37 Å². The van der Waals surface area contributed by atoms with Crippen LogP contribution in [0.3, 0.4) is 0 Å². The van der Waals surface area contributed by atoms with E-state index in [0.717, 1.165) is 93.4 Å². The molecule has 0 N–H and O–H groups in total. The van der Waals surface area contributed by atoms with Gasteiger partial charge in [0.15, 0.2) is 0 Å². The van der Waals surface area contributed by atoms with Gasteiger partial charge in [-0.2, -0.15) is 18.2 Å². The molecule has 0 amide bonds. The first-order valence-electron chi connectivity index (χ1n) is 23.4. The second-order valence-electron chi connectivity index (χ2n) is 19.5. The molecule has 11 aromatic rings. The number of pyridine rings is 2. The summed E-state index contributed by atoms with van der Waals surface area (Å²) in [5, 5.41) is 8.93. The molecule has 0 unspecified atom stereocenters. The van der Waals surface area contributed by atoms with Crippen molar-refractivity contribution in [3.63, 3.8) is 0 Å². The van der Waals surface area contributed by atoms with Crippen LogP contribution in [-0.4, -0.2) is 19.1 Å². The number of fused-ring (bicyclic) bond motifs is 10. The number of benzene rings is 7. The van der Waals surface area contributed by atoms with Crippen LogP contribution in [0.4, 0.5) is 11.5 Å². The Morgan fingerprint density at radius 1 is 0.544 bits per heavy atom. The number of rotatable bonds is 5. The van der Waals surface area contributed by atoms with Crippen molar-refractivity contribution in [3.8, 4) is 28.4 Å². The second-order valence-corrected chi connectivity index (χ2v) is 19.5. The Morgan fingerprint density at radius 2 is 1.15 bits per heavy atom. The van der Waals surface area contributed by atoms with Crippen molar-refractivity contribution >= 4 is 76.7 Å². The molecule has 5 heterocycles. The fourth-order valence-electron chi connectivity index (χ4n) is 9.83. The minimum atomic E-state index is -0.150. The van der Waals surface area contributed by atoms with E-state index in [1.54, 1.807) is 6.20 Å². The summed E-state index contributed by atoms with van der Waals surface area (Å²) in [6.45, 7) is 15.4. The van der Waals surface area contributed by atoms with Crippen LogP contribution in [0, 0.1) is 18.8 Å². The van der Waals surface area contributed by atoms with Gasteiger partial charge in [-0.1, -0.05) is 175 Å². The molecule has 336 valence electrons. The Kier molecular flexibility index (Phi) is 10.1. The second kappa shape index (κ2) is 16.4. The number of hydrogen-bond acceptors (Lipinski definition) is 4. The number of anilines is 2. The van der Waals surface area contributed by atoms with Crippen LogP contribution in [0.25, 0.3) is 82.1 Å². The number of hydrogen-bond donors (Lipinski definition) is 0. The van der Waals surface area contributed by atoms with Gasteiger partial charge in [0.1, 0.15) is 5.82 Å². The van der Waals surface area contributed by atoms with Gasteiger partial charge >= 0.3 is 0 Å². The molecule has 0 saturated heterocycles. The van der Waals surface area contributed by atoms with Gasteiger partial charge in [-0.25, -0.2) is 4.98 Å². The zero-order valence-electron chi connectivity index (χ0n) is 39.7. The average molecular weight is 1060 g/mol. The third-order valence-electron chi connectivity index (χ3n) is 13.2. The van der Waals surface area contributed by atoms with Crippen LogP contribution in [0.2, 0.25) is 0 Å². The Balaban J connectivity index is 0.00000520. The first-order valence-corrected chi connectivity index (χ1v) is 22.9. The van der Waals surface area contributed by atoms with Gasteiger partial charge in [-0.15, -0.1) is 17.5 Å². The van der Waals surface area contributed by atoms with E-state index < -0.39 is 0 Å². The summed E-state index contributed by atoms with van der Waals surface area (Å²) in [6.07, 6.45) is 3.67. The molecule has 1 aliphatic rings. The van der Waals surface area contributed by atoms with Gasteiger partial charge in [0, 0.05) is 50.0 Å². The van der Waals surface area contributed by atoms with E-state index in [1.165, 1.54) is 5.56 Å². The molecular weight excluding hydrogens is 1010 g/mol. The molecule has 4 aromatic heterocycles. The smallest absolute Gasteiger partial charge is 0.135 e. The number of ether oxygens (including phenoxy) is 1. The number of nitrogens with zero attached hydrogens (tertiary/aromatic N) is 5. The predicted molar refractivity (Wildman–Crippen MR) is 277 cm³/mol. The Morgan fingerprint density at radius 3 is 1.87 bits per heavy atom. The summed E-state index contributed by atoms with van der Waals surface area (Å²) in [5.41, 5.74) is 9.07. The predicted octanol–water partition coefficient (Wildman–Crippen LogP) is 15.9. The quantitative estimate of drug-likeness (QED) is 0.161. The first-order chi connectivity index (χ1) is 32.9. The summed E-state index contributed by atoms with van der Waals surface area (Å²) >= 11 is 0. The molecule has 1 aliphatic heterocycles. The van der Waals surface area contributed by atoms with Crippen LogP contribution in [0.15, 0.2) is 176 Å². The number of para-hydroxylation sites is 3. The summed E-state index contributed by atoms with van der Waals surface area (Å²) in [6, 6.07) is 63.0. The molecule has 0 spiro atoms. The summed E-state index contributed by atoms with van der Waals surface area (Å²) < 4.78 is 20.2. The van der Waals surface area contributed by atoms with Crippen molar-refractivity contribution in [3.05, 3.63) is 206 Å². The third-order valence-corrected chi connectivity index (χ3v) is 13.2. The Bertz CT molecular complexity index is 3930. The molecule has 12 rings (SSSR count). The third kappa shape index (κ3) is 7.18. The van der Waals surface area contributed by atoms with E-state index >= 15 is 0 Å². The molecule has 7 heteroatoms. The maximum Gasteiger partial charge on any atom is 0.135 e. The minimum absolute atomic E-state index is 0. The van der Waals surface area contributed by atoms with E-state index in [1.807, 2.05) is 30.5 Å². The van der Waals surface area contributed by atoms with E-state index in [-0.39, 0.29) is 31.9 Å². The minimum Gasteiger partial charge on any atom is -0.521 e. The molecular formula is C61H48N5OPt-3. The molecule has 0 fully saturated rings. The van der Waals surface area contributed by atoms with Crippen molar-refractivity contribution in [2.45, 2.75) is 52.4 Å². The van der Waals surface area contributed by atoms with Crippen molar-refractivity contribution < 1.29 is 27.2 Å². The van der Waals surface area contributed by atoms with Gasteiger partial charge in [-0.05, 0) is 119 Å². The van der Waals surface area contributed by atoms with Gasteiger partial charge < -0.3 is 18.8 Å².